The van der Waals surface area contributed by atoms with E-state index in [0.29, 0.717) is 9.95 Å². The van der Waals surface area contributed by atoms with Gasteiger partial charge in [0.1, 0.15) is 16.4 Å². The molecule has 0 amide bonds. The van der Waals surface area contributed by atoms with E-state index in [4.69, 9.17) is 4.74 Å². The van der Waals surface area contributed by atoms with E-state index in [0.717, 1.165) is 28.9 Å². The number of aliphatic hydroxyl groups excluding tert-OH is 1. The fourth-order valence-electron chi connectivity index (χ4n) is 2.94. The van der Waals surface area contributed by atoms with Crippen molar-refractivity contribution in [3.05, 3.63) is 75.9 Å². The van der Waals surface area contributed by atoms with Crippen molar-refractivity contribution in [1.29, 1.82) is 0 Å². The molecule has 2 aromatic carbocycles. The number of aliphatic hydroxyl groups is 1. The summed E-state index contributed by atoms with van der Waals surface area (Å²) >= 11 is 1.27. The van der Waals surface area contributed by atoms with Crippen LogP contribution in [0.3, 0.4) is 0 Å². The van der Waals surface area contributed by atoms with Crippen LogP contribution in [0.1, 0.15) is 18.1 Å². The van der Waals surface area contributed by atoms with Gasteiger partial charge in [-0.05, 0) is 41.8 Å². The van der Waals surface area contributed by atoms with Crippen LogP contribution in [0.5, 0.6) is 0 Å². The number of carbonyl (C=O) groups excluding carboxylic acids is 1. The van der Waals surface area contributed by atoms with Crippen LogP contribution in [-0.4, -0.2) is 37.3 Å². The zero-order chi connectivity index (χ0) is 21.0. The van der Waals surface area contributed by atoms with Gasteiger partial charge < -0.3 is 14.7 Å². The van der Waals surface area contributed by atoms with Crippen LogP contribution in [0.4, 0.5) is 11.4 Å². The van der Waals surface area contributed by atoms with Crippen LogP contribution in [-0.2, 0) is 16.0 Å². The summed E-state index contributed by atoms with van der Waals surface area (Å²) in [4.78, 5) is 19.6. The monoisotopic (exact) mass is 408 g/mol. The number of para-hydroxylation sites is 1. The minimum absolute atomic E-state index is 0.0968. The molecule has 0 aromatic heterocycles. The molecule has 2 aromatic rings. The average molecular weight is 409 g/mol. The van der Waals surface area contributed by atoms with Gasteiger partial charge in [0.25, 0.3) is 0 Å². The summed E-state index contributed by atoms with van der Waals surface area (Å²) < 4.78 is 4.89. The lowest BCUT2D eigenvalue weighted by molar-refractivity contribution is -0.135. The molecule has 0 atom stereocenters. The maximum absolute atomic E-state index is 12.3. The number of ether oxygens (including phenoxy) is 1. The molecule has 0 bridgehead atoms. The molecule has 0 radical (unpaired) electrons. The Bertz CT molecular complexity index is 1010. The quantitative estimate of drug-likeness (QED) is 0.696. The topological polar surface area (TPSA) is 62.1 Å². The Morgan fingerprint density at radius 2 is 1.86 bits per heavy atom. The number of esters is 1. The summed E-state index contributed by atoms with van der Waals surface area (Å²) in [5, 5.41) is 11.2. The van der Waals surface area contributed by atoms with Gasteiger partial charge in [0.15, 0.2) is 0 Å². The Kier molecular flexibility index (Phi) is 6.44. The molecule has 1 aliphatic heterocycles. The highest BCUT2D eigenvalue weighted by Gasteiger charge is 2.33. The molecule has 1 aliphatic rings. The Labute approximate surface area is 175 Å². The van der Waals surface area contributed by atoms with Crippen molar-refractivity contribution in [3.63, 3.8) is 0 Å². The number of hydrogen-bond acceptors (Lipinski definition) is 6. The zero-order valence-electron chi connectivity index (χ0n) is 17.0. The normalized spacial score (nSPS) is 16.6. The van der Waals surface area contributed by atoms with Gasteiger partial charge in [-0.25, -0.2) is 9.79 Å². The first-order chi connectivity index (χ1) is 13.9. The predicted molar refractivity (Wildman–Crippen MR) is 121 cm³/mol. The lowest BCUT2D eigenvalue weighted by atomic mass is 10.1. The molecular formula is C23H24N2O3S. The Balaban J connectivity index is 2.02. The fourth-order valence-corrected chi connectivity index (χ4v) is 3.97. The summed E-state index contributed by atoms with van der Waals surface area (Å²) in [6, 6.07) is 15.7. The van der Waals surface area contributed by atoms with E-state index in [2.05, 4.69) is 11.9 Å². The van der Waals surface area contributed by atoms with Gasteiger partial charge in [0.2, 0.25) is 0 Å². The van der Waals surface area contributed by atoms with Crippen molar-refractivity contribution < 1.29 is 14.6 Å². The highest BCUT2D eigenvalue weighted by Crippen LogP contribution is 2.40. The van der Waals surface area contributed by atoms with Crippen LogP contribution in [0, 0.1) is 0 Å². The van der Waals surface area contributed by atoms with Gasteiger partial charge in [-0.3, -0.25) is 0 Å². The van der Waals surface area contributed by atoms with E-state index >= 15 is 0 Å². The number of anilines is 1. The molecular weight excluding hydrogens is 384 g/mol. The largest absolute Gasteiger partial charge is 0.506 e. The summed E-state index contributed by atoms with van der Waals surface area (Å²) in [7, 11) is 5.26. The smallest absolute Gasteiger partial charge is 0.344 e. The molecule has 29 heavy (non-hydrogen) atoms. The lowest BCUT2D eigenvalue weighted by Gasteiger charge is -2.11. The number of nitrogens with zero attached hydrogens (tertiary/aromatic N) is 2. The Morgan fingerprint density at radius 3 is 2.48 bits per heavy atom. The fraction of sp³-hybridized carbons (Fsp3) is 0.217. The first-order valence-electron chi connectivity index (χ1n) is 9.30. The van der Waals surface area contributed by atoms with Crippen molar-refractivity contribution in [1.82, 2.24) is 0 Å². The third kappa shape index (κ3) is 4.54. The van der Waals surface area contributed by atoms with Crippen LogP contribution in [0.2, 0.25) is 0 Å². The van der Waals surface area contributed by atoms with E-state index in [1.54, 1.807) is 0 Å². The van der Waals surface area contributed by atoms with Crippen LogP contribution >= 0.6 is 11.8 Å². The second-order valence-corrected chi connectivity index (χ2v) is 7.74. The molecule has 3 rings (SSSR count). The molecule has 150 valence electrons. The second-order valence-electron chi connectivity index (χ2n) is 6.71. The highest BCUT2D eigenvalue weighted by atomic mass is 32.2. The second kappa shape index (κ2) is 9.01. The number of aliphatic imine (C=N–C) groups is 1. The van der Waals surface area contributed by atoms with Gasteiger partial charge in [-0.15, -0.1) is 0 Å². The molecule has 0 aliphatic carbocycles. The summed E-state index contributed by atoms with van der Waals surface area (Å²) in [5.74, 6) is -0.708. The third-order valence-electron chi connectivity index (χ3n) is 4.58. The van der Waals surface area contributed by atoms with E-state index in [1.165, 1.54) is 18.9 Å². The SMILES string of the molecule is CCc1ccccc1N=C1S/C(=C/c2ccc(N(C)C)cc2)C(O)=C1C(=O)OC. The number of rotatable bonds is 5. The molecule has 0 fully saturated rings. The Hall–Kier alpha value is -2.99. The molecule has 0 saturated carbocycles. The molecule has 1 N–H and O–H groups in total. The van der Waals surface area contributed by atoms with Gasteiger partial charge in [0.05, 0.1) is 17.7 Å². The minimum atomic E-state index is -0.603. The number of thioether (sulfide) groups is 1. The predicted octanol–water partition coefficient (Wildman–Crippen LogP) is 5.12. The first kappa shape index (κ1) is 20.7. The number of methoxy groups -OCH3 is 1. The summed E-state index contributed by atoms with van der Waals surface area (Å²) in [6.45, 7) is 2.05. The van der Waals surface area contributed by atoms with Gasteiger partial charge in [0, 0.05) is 19.8 Å². The van der Waals surface area contributed by atoms with Crippen molar-refractivity contribution in [2.24, 2.45) is 4.99 Å². The van der Waals surface area contributed by atoms with E-state index < -0.39 is 5.97 Å². The van der Waals surface area contributed by atoms with Crippen molar-refractivity contribution in [2.45, 2.75) is 13.3 Å². The van der Waals surface area contributed by atoms with E-state index in [-0.39, 0.29) is 11.3 Å². The molecule has 0 spiro atoms. The van der Waals surface area contributed by atoms with Gasteiger partial charge >= 0.3 is 5.97 Å². The molecule has 6 heteroatoms. The van der Waals surface area contributed by atoms with Crippen LogP contribution in [0.15, 0.2) is 69.8 Å². The van der Waals surface area contributed by atoms with Crippen molar-refractivity contribution >= 4 is 40.2 Å². The lowest BCUT2D eigenvalue weighted by Crippen LogP contribution is -2.10. The van der Waals surface area contributed by atoms with E-state index in [1.807, 2.05) is 73.6 Å². The standard InChI is InChI=1S/C23H24N2O3S/c1-5-16-8-6-7-9-18(16)24-22-20(23(27)28-4)21(26)19(29-22)14-15-10-12-17(13-11-15)25(2)3/h6-14,26H,5H2,1-4H3/b19-14+,24-22?. The summed E-state index contributed by atoms with van der Waals surface area (Å²) in [5.41, 5.74) is 3.95. The van der Waals surface area contributed by atoms with Gasteiger partial charge in [-0.1, -0.05) is 49.0 Å². The van der Waals surface area contributed by atoms with Crippen molar-refractivity contribution in [2.75, 3.05) is 26.1 Å². The number of hydrogen-bond donors (Lipinski definition) is 1. The maximum Gasteiger partial charge on any atom is 0.344 e. The van der Waals surface area contributed by atoms with E-state index in [9.17, 15) is 9.90 Å². The minimum Gasteiger partial charge on any atom is -0.506 e. The maximum atomic E-state index is 12.3. The van der Waals surface area contributed by atoms with Crippen LogP contribution in [0.25, 0.3) is 6.08 Å². The first-order valence-corrected chi connectivity index (χ1v) is 10.1. The average Bonchev–Trinajstić information content (AvgIpc) is 3.03. The Morgan fingerprint density at radius 1 is 1.17 bits per heavy atom. The zero-order valence-corrected chi connectivity index (χ0v) is 17.8. The highest BCUT2D eigenvalue weighted by molar-refractivity contribution is 8.18. The molecule has 5 nitrogen and oxygen atoms in total. The molecule has 0 unspecified atom stereocenters. The van der Waals surface area contributed by atoms with Gasteiger partial charge in [-0.2, -0.15) is 0 Å². The molecule has 0 saturated heterocycles. The number of benzene rings is 2. The number of aryl methyl sites for hydroxylation is 1. The molecule has 1 heterocycles. The van der Waals surface area contributed by atoms with Crippen molar-refractivity contribution in [3.8, 4) is 0 Å². The summed E-state index contributed by atoms with van der Waals surface area (Å²) in [6.07, 6.45) is 2.67. The third-order valence-corrected chi connectivity index (χ3v) is 5.60. The number of carbonyl (C=O) groups is 1. The van der Waals surface area contributed by atoms with Crippen LogP contribution < -0.4 is 4.90 Å².